The lowest BCUT2D eigenvalue weighted by molar-refractivity contribution is -0.174. The summed E-state index contributed by atoms with van der Waals surface area (Å²) in [6.07, 6.45) is 24.6. The average molecular weight is 689 g/mol. The molecule has 4 rings (SSSR count). The molecule has 0 spiro atoms. The second-order valence-electron chi connectivity index (χ2n) is 17.9. The molecule has 0 aromatic heterocycles. The summed E-state index contributed by atoms with van der Waals surface area (Å²) in [7, 11) is 0. The monoisotopic (exact) mass is 689 g/mol. The maximum absolute atomic E-state index is 13.0. The van der Waals surface area contributed by atoms with E-state index in [4.69, 9.17) is 0 Å². The number of carboxylic acids is 1. The SMILES string of the molecule is CCCCCCCCCCCCNCCCCC(NC(=O)CC[C@H](C)C1CCC2C3C(CC[C@@]21C)[C@@]1(C)CC[C@@H](O)CC1C[C@@H]3O)C(=O)O. The Labute approximate surface area is 299 Å². The number of unbranched alkanes of at least 4 members (excludes halogenated alkanes) is 10. The summed E-state index contributed by atoms with van der Waals surface area (Å²) in [5, 5.41) is 38.1. The molecule has 0 bridgehead atoms. The number of hydrogen-bond acceptors (Lipinski definition) is 5. The normalized spacial score (nSPS) is 35.2. The van der Waals surface area contributed by atoms with Gasteiger partial charge in [0.05, 0.1) is 12.2 Å². The van der Waals surface area contributed by atoms with E-state index in [0.29, 0.717) is 48.3 Å². The van der Waals surface area contributed by atoms with E-state index in [1.165, 1.54) is 70.6 Å². The minimum Gasteiger partial charge on any atom is -0.480 e. The lowest BCUT2D eigenvalue weighted by Crippen LogP contribution is -2.58. The number of carbonyl (C=O) groups is 2. The highest BCUT2D eigenvalue weighted by Gasteiger charge is 2.62. The number of fused-ring (bicyclic) bond motifs is 5. The molecule has 284 valence electrons. The van der Waals surface area contributed by atoms with Gasteiger partial charge in [-0.25, -0.2) is 4.79 Å². The predicted octanol–water partition coefficient (Wildman–Crippen LogP) is 8.64. The van der Waals surface area contributed by atoms with Crippen LogP contribution in [0.3, 0.4) is 0 Å². The smallest absolute Gasteiger partial charge is 0.326 e. The van der Waals surface area contributed by atoms with Gasteiger partial charge in [0.1, 0.15) is 6.04 Å². The van der Waals surface area contributed by atoms with Crippen molar-refractivity contribution >= 4 is 11.9 Å². The molecular formula is C42H76N2O5. The van der Waals surface area contributed by atoms with Gasteiger partial charge < -0.3 is 26.0 Å². The van der Waals surface area contributed by atoms with Gasteiger partial charge in [0.2, 0.25) is 5.91 Å². The van der Waals surface area contributed by atoms with Crippen LogP contribution in [0.25, 0.3) is 0 Å². The number of hydrogen-bond donors (Lipinski definition) is 5. The fourth-order valence-electron chi connectivity index (χ4n) is 11.7. The van der Waals surface area contributed by atoms with Crippen LogP contribution in [0.4, 0.5) is 0 Å². The van der Waals surface area contributed by atoms with Gasteiger partial charge in [-0.1, -0.05) is 85.5 Å². The molecule has 11 atom stereocenters. The van der Waals surface area contributed by atoms with Crippen molar-refractivity contribution in [3.8, 4) is 0 Å². The first-order chi connectivity index (χ1) is 23.5. The second kappa shape index (κ2) is 19.6. The fourth-order valence-corrected chi connectivity index (χ4v) is 11.7. The number of carboxylic acid groups (broad SMARTS) is 1. The Morgan fingerprint density at radius 2 is 1.37 bits per heavy atom. The summed E-state index contributed by atoms with van der Waals surface area (Å²) in [5.41, 5.74) is 0.413. The molecule has 4 aliphatic rings. The molecule has 0 saturated heterocycles. The number of amides is 1. The van der Waals surface area contributed by atoms with Crippen molar-refractivity contribution < 1.29 is 24.9 Å². The standard InChI is InChI=1S/C42H76N2O5/c1-5-6-7-8-9-10-11-12-13-15-26-43-27-16-14-17-36(40(48)49)44-38(47)21-18-30(2)33-19-20-34-39-35(23-25-42(33,34)4)41(3)24-22-32(45)28-31(41)29-37(39)46/h30-37,39,43,45-46H,5-29H2,1-4H3,(H,44,47)(H,48,49)/t30-,31?,32+,33?,34?,35?,36?,37-,39?,41-,42+/m0/s1. The molecule has 7 heteroatoms. The summed E-state index contributed by atoms with van der Waals surface area (Å²) in [6, 6.07) is -0.813. The molecule has 4 aliphatic carbocycles. The molecule has 0 aliphatic heterocycles. The van der Waals surface area contributed by atoms with E-state index in [1.807, 2.05) is 0 Å². The molecule has 0 heterocycles. The van der Waals surface area contributed by atoms with Crippen LogP contribution in [0.15, 0.2) is 0 Å². The zero-order valence-electron chi connectivity index (χ0n) is 32.0. The quantitative estimate of drug-likeness (QED) is 0.0727. The minimum absolute atomic E-state index is 0.136. The third-order valence-corrected chi connectivity index (χ3v) is 14.7. The van der Waals surface area contributed by atoms with Crippen molar-refractivity contribution in [1.82, 2.24) is 10.6 Å². The van der Waals surface area contributed by atoms with Crippen molar-refractivity contribution in [2.75, 3.05) is 13.1 Å². The number of rotatable bonds is 22. The van der Waals surface area contributed by atoms with Crippen molar-refractivity contribution in [2.45, 2.75) is 194 Å². The molecule has 4 fully saturated rings. The van der Waals surface area contributed by atoms with Crippen LogP contribution in [-0.2, 0) is 9.59 Å². The first kappa shape index (κ1) is 40.6. The third kappa shape index (κ3) is 10.7. The number of aliphatic hydroxyl groups excluding tert-OH is 2. The summed E-state index contributed by atoms with van der Waals surface area (Å²) in [6.45, 7) is 11.4. The zero-order chi connectivity index (χ0) is 35.4. The van der Waals surface area contributed by atoms with Gasteiger partial charge in [0.15, 0.2) is 0 Å². The van der Waals surface area contributed by atoms with E-state index in [-0.39, 0.29) is 28.9 Å². The first-order valence-electron chi connectivity index (χ1n) is 21.1. The van der Waals surface area contributed by atoms with Crippen molar-refractivity contribution in [3.63, 3.8) is 0 Å². The highest BCUT2D eigenvalue weighted by atomic mass is 16.4. The Balaban J connectivity index is 1.11. The van der Waals surface area contributed by atoms with E-state index in [2.05, 4.69) is 38.3 Å². The topological polar surface area (TPSA) is 119 Å². The summed E-state index contributed by atoms with van der Waals surface area (Å²) >= 11 is 0. The van der Waals surface area contributed by atoms with E-state index in [9.17, 15) is 24.9 Å². The lowest BCUT2D eigenvalue weighted by Gasteiger charge is -2.62. The van der Waals surface area contributed by atoms with Gasteiger partial charge in [0.25, 0.3) is 0 Å². The average Bonchev–Trinajstić information content (AvgIpc) is 3.42. The van der Waals surface area contributed by atoms with Crippen LogP contribution in [0.5, 0.6) is 0 Å². The molecule has 4 saturated carbocycles. The van der Waals surface area contributed by atoms with E-state index >= 15 is 0 Å². The molecule has 49 heavy (non-hydrogen) atoms. The second-order valence-corrected chi connectivity index (χ2v) is 17.9. The van der Waals surface area contributed by atoms with Gasteiger partial charge >= 0.3 is 5.97 Å². The number of aliphatic hydroxyl groups is 2. The Hall–Kier alpha value is -1.18. The van der Waals surface area contributed by atoms with E-state index in [1.54, 1.807) is 0 Å². The maximum atomic E-state index is 13.0. The van der Waals surface area contributed by atoms with Crippen LogP contribution in [-0.4, -0.2) is 58.5 Å². The molecule has 6 unspecified atom stereocenters. The molecule has 0 aromatic rings. The third-order valence-electron chi connectivity index (χ3n) is 14.7. The maximum Gasteiger partial charge on any atom is 0.326 e. The number of aliphatic carboxylic acids is 1. The summed E-state index contributed by atoms with van der Waals surface area (Å²) in [4.78, 5) is 25.0. The van der Waals surface area contributed by atoms with Crippen LogP contribution in [0, 0.1) is 46.3 Å². The van der Waals surface area contributed by atoms with Gasteiger partial charge in [0, 0.05) is 6.42 Å². The molecular weight excluding hydrogens is 612 g/mol. The zero-order valence-corrected chi connectivity index (χ0v) is 32.0. The Morgan fingerprint density at radius 3 is 2.04 bits per heavy atom. The van der Waals surface area contributed by atoms with E-state index in [0.717, 1.165) is 77.3 Å². The van der Waals surface area contributed by atoms with Crippen molar-refractivity contribution in [2.24, 2.45) is 46.3 Å². The van der Waals surface area contributed by atoms with Crippen molar-refractivity contribution in [3.05, 3.63) is 0 Å². The van der Waals surface area contributed by atoms with Crippen LogP contribution in [0.2, 0.25) is 0 Å². The minimum atomic E-state index is -0.933. The van der Waals surface area contributed by atoms with Gasteiger partial charge in [-0.2, -0.15) is 0 Å². The van der Waals surface area contributed by atoms with Gasteiger partial charge in [-0.3, -0.25) is 4.79 Å². The predicted molar refractivity (Wildman–Crippen MR) is 199 cm³/mol. The summed E-state index contributed by atoms with van der Waals surface area (Å²) in [5.74, 6) is 1.68. The lowest BCUT2D eigenvalue weighted by atomic mass is 9.43. The first-order valence-corrected chi connectivity index (χ1v) is 21.1. The van der Waals surface area contributed by atoms with Crippen molar-refractivity contribution in [1.29, 1.82) is 0 Å². The Bertz CT molecular complexity index is 1010. The molecule has 0 radical (unpaired) electrons. The van der Waals surface area contributed by atoms with Crippen LogP contribution >= 0.6 is 0 Å². The highest BCUT2D eigenvalue weighted by molar-refractivity contribution is 5.83. The van der Waals surface area contributed by atoms with Gasteiger partial charge in [-0.05, 0) is 143 Å². The molecule has 7 nitrogen and oxygen atoms in total. The summed E-state index contributed by atoms with van der Waals surface area (Å²) < 4.78 is 0. The van der Waals surface area contributed by atoms with Gasteiger partial charge in [-0.15, -0.1) is 0 Å². The van der Waals surface area contributed by atoms with E-state index < -0.39 is 12.0 Å². The molecule has 5 N–H and O–H groups in total. The van der Waals surface area contributed by atoms with Crippen LogP contribution < -0.4 is 10.6 Å². The molecule has 1 amide bonds. The van der Waals surface area contributed by atoms with Crippen LogP contribution in [0.1, 0.15) is 175 Å². The Morgan fingerprint density at radius 1 is 0.755 bits per heavy atom. The Kier molecular flexibility index (Phi) is 16.2. The molecule has 0 aromatic carbocycles. The number of nitrogens with one attached hydrogen (secondary N) is 2. The largest absolute Gasteiger partial charge is 0.480 e. The highest BCUT2D eigenvalue weighted by Crippen LogP contribution is 2.68. The fraction of sp³-hybridized carbons (Fsp3) is 0.952. The number of carbonyl (C=O) groups excluding carboxylic acids is 1.